The van der Waals surface area contributed by atoms with Gasteiger partial charge in [0.05, 0.1) is 5.69 Å². The highest BCUT2D eigenvalue weighted by Gasteiger charge is 2.22. The number of aromatic amines is 1. The van der Waals surface area contributed by atoms with Crippen LogP contribution in [0.4, 0.5) is 5.95 Å². The SMILES string of the molecule is CN1CCN(c2nc3c(c(=O)[nH]2)CCN(Cc2ccccc2Cl)CC3)CC1. The molecule has 0 unspecified atom stereocenters. The number of hydrogen-bond donors (Lipinski definition) is 1. The topological polar surface area (TPSA) is 55.5 Å². The summed E-state index contributed by atoms with van der Waals surface area (Å²) >= 11 is 6.31. The van der Waals surface area contributed by atoms with Crippen LogP contribution in [0.3, 0.4) is 0 Å². The lowest BCUT2D eigenvalue weighted by Crippen LogP contribution is -2.45. The van der Waals surface area contributed by atoms with E-state index < -0.39 is 0 Å². The Hall–Kier alpha value is -1.89. The molecule has 1 fully saturated rings. The van der Waals surface area contributed by atoms with E-state index in [1.54, 1.807) is 0 Å². The second-order valence-corrected chi connectivity index (χ2v) is 7.88. The number of fused-ring (bicyclic) bond motifs is 1. The molecule has 1 aromatic carbocycles. The summed E-state index contributed by atoms with van der Waals surface area (Å²) in [5, 5.41) is 0.799. The molecule has 0 amide bonds. The molecule has 0 aliphatic carbocycles. The molecule has 0 radical (unpaired) electrons. The molecule has 1 N–H and O–H groups in total. The van der Waals surface area contributed by atoms with Gasteiger partial charge in [0.1, 0.15) is 0 Å². The standard InChI is InChI=1S/C20H26ClN5O/c1-24-10-12-26(13-11-24)20-22-18-7-9-25(8-6-16(18)19(27)23-20)14-15-4-2-3-5-17(15)21/h2-5H,6-14H2,1H3,(H,22,23,27). The van der Waals surface area contributed by atoms with Crippen molar-refractivity contribution in [1.29, 1.82) is 0 Å². The number of aromatic nitrogens is 2. The summed E-state index contributed by atoms with van der Waals surface area (Å²) in [6.45, 7) is 6.32. The Morgan fingerprint density at radius 1 is 1.07 bits per heavy atom. The third-order valence-corrected chi connectivity index (χ3v) is 5.95. The Balaban J connectivity index is 1.50. The summed E-state index contributed by atoms with van der Waals surface area (Å²) in [5.41, 5.74) is 2.95. The first kappa shape index (κ1) is 18.5. The molecule has 0 spiro atoms. The van der Waals surface area contributed by atoms with Gasteiger partial charge in [-0.3, -0.25) is 14.7 Å². The van der Waals surface area contributed by atoms with Gasteiger partial charge >= 0.3 is 0 Å². The van der Waals surface area contributed by atoms with E-state index >= 15 is 0 Å². The zero-order valence-corrected chi connectivity index (χ0v) is 16.5. The van der Waals surface area contributed by atoms with Gasteiger partial charge in [0.2, 0.25) is 5.95 Å². The Labute approximate surface area is 164 Å². The number of nitrogens with zero attached hydrogens (tertiary/aromatic N) is 4. The van der Waals surface area contributed by atoms with Crippen LogP contribution in [0.5, 0.6) is 0 Å². The first-order valence-electron chi connectivity index (χ1n) is 9.61. The number of rotatable bonds is 3. The van der Waals surface area contributed by atoms with Crippen LogP contribution in [-0.4, -0.2) is 66.1 Å². The van der Waals surface area contributed by atoms with Gasteiger partial charge in [-0.2, -0.15) is 0 Å². The molecule has 6 nitrogen and oxygen atoms in total. The van der Waals surface area contributed by atoms with E-state index in [0.29, 0.717) is 0 Å². The van der Waals surface area contributed by atoms with Crippen LogP contribution in [0, 0.1) is 0 Å². The largest absolute Gasteiger partial charge is 0.340 e. The Morgan fingerprint density at radius 2 is 1.81 bits per heavy atom. The smallest absolute Gasteiger partial charge is 0.255 e. The summed E-state index contributed by atoms with van der Waals surface area (Å²) in [7, 11) is 2.12. The van der Waals surface area contributed by atoms with Crippen molar-refractivity contribution in [1.82, 2.24) is 19.8 Å². The highest BCUT2D eigenvalue weighted by Crippen LogP contribution is 2.20. The van der Waals surface area contributed by atoms with Crippen molar-refractivity contribution in [3.05, 3.63) is 56.5 Å². The van der Waals surface area contributed by atoms with Gasteiger partial charge in [0.15, 0.2) is 0 Å². The van der Waals surface area contributed by atoms with E-state index in [-0.39, 0.29) is 5.56 Å². The summed E-state index contributed by atoms with van der Waals surface area (Å²) in [6.07, 6.45) is 1.52. The monoisotopic (exact) mass is 387 g/mol. The van der Waals surface area contributed by atoms with Crippen LogP contribution < -0.4 is 10.5 Å². The zero-order chi connectivity index (χ0) is 18.8. The van der Waals surface area contributed by atoms with Crippen molar-refractivity contribution in [3.63, 3.8) is 0 Å². The number of likely N-dealkylation sites (N-methyl/N-ethyl adjacent to an activating group) is 1. The molecule has 144 valence electrons. The van der Waals surface area contributed by atoms with Crippen molar-refractivity contribution < 1.29 is 0 Å². The van der Waals surface area contributed by atoms with E-state index in [9.17, 15) is 4.79 Å². The van der Waals surface area contributed by atoms with E-state index in [1.807, 2.05) is 18.2 Å². The fourth-order valence-electron chi connectivity index (χ4n) is 3.84. The molecule has 7 heteroatoms. The van der Waals surface area contributed by atoms with Gasteiger partial charge in [0, 0.05) is 62.8 Å². The highest BCUT2D eigenvalue weighted by atomic mass is 35.5. The highest BCUT2D eigenvalue weighted by molar-refractivity contribution is 6.31. The van der Waals surface area contributed by atoms with Gasteiger partial charge in [-0.25, -0.2) is 4.98 Å². The number of hydrogen-bond acceptors (Lipinski definition) is 5. The Bertz CT molecular complexity index is 860. The minimum Gasteiger partial charge on any atom is -0.340 e. The Morgan fingerprint density at radius 3 is 2.59 bits per heavy atom. The lowest BCUT2D eigenvalue weighted by molar-refractivity contribution is 0.279. The number of benzene rings is 1. The van der Waals surface area contributed by atoms with Crippen molar-refractivity contribution in [2.75, 3.05) is 51.2 Å². The second kappa shape index (κ2) is 8.00. The van der Waals surface area contributed by atoms with Crippen molar-refractivity contribution >= 4 is 17.5 Å². The molecular weight excluding hydrogens is 362 g/mol. The van der Waals surface area contributed by atoms with E-state index in [1.165, 1.54) is 0 Å². The molecule has 1 aromatic heterocycles. The third-order valence-electron chi connectivity index (χ3n) is 5.59. The molecule has 1 saturated heterocycles. The number of piperazine rings is 1. The molecule has 0 atom stereocenters. The molecule has 0 saturated carbocycles. The molecule has 2 aliphatic heterocycles. The van der Waals surface area contributed by atoms with Crippen LogP contribution in [0.1, 0.15) is 16.8 Å². The van der Waals surface area contributed by atoms with Crippen LogP contribution in [0.15, 0.2) is 29.1 Å². The first-order valence-corrected chi connectivity index (χ1v) is 9.99. The van der Waals surface area contributed by atoms with E-state index in [0.717, 1.165) is 86.4 Å². The van der Waals surface area contributed by atoms with E-state index in [2.05, 4.69) is 32.8 Å². The zero-order valence-electron chi connectivity index (χ0n) is 15.7. The molecule has 2 aliphatic rings. The number of anilines is 1. The summed E-state index contributed by atoms with van der Waals surface area (Å²) < 4.78 is 0. The van der Waals surface area contributed by atoms with Crippen LogP contribution >= 0.6 is 11.6 Å². The fraction of sp³-hybridized carbons (Fsp3) is 0.500. The predicted molar refractivity (Wildman–Crippen MR) is 109 cm³/mol. The maximum atomic E-state index is 12.7. The van der Waals surface area contributed by atoms with Crippen LogP contribution in [0.2, 0.25) is 5.02 Å². The van der Waals surface area contributed by atoms with Crippen molar-refractivity contribution in [3.8, 4) is 0 Å². The summed E-state index contributed by atoms with van der Waals surface area (Å²) in [5.74, 6) is 0.728. The van der Waals surface area contributed by atoms with Gasteiger partial charge in [-0.15, -0.1) is 0 Å². The third kappa shape index (κ3) is 4.18. The summed E-state index contributed by atoms with van der Waals surface area (Å²) in [4.78, 5) is 27.4. The number of nitrogens with one attached hydrogen (secondary N) is 1. The molecule has 4 rings (SSSR count). The minimum atomic E-state index is 0.0218. The average molecular weight is 388 g/mol. The van der Waals surface area contributed by atoms with Crippen molar-refractivity contribution in [2.45, 2.75) is 19.4 Å². The normalized spacial score (nSPS) is 19.0. The fourth-order valence-corrected chi connectivity index (χ4v) is 4.03. The maximum Gasteiger partial charge on any atom is 0.255 e. The van der Waals surface area contributed by atoms with Gasteiger partial charge in [-0.1, -0.05) is 29.8 Å². The first-order chi connectivity index (χ1) is 13.1. The average Bonchev–Trinajstić information content (AvgIpc) is 2.87. The molecule has 2 aromatic rings. The van der Waals surface area contributed by atoms with E-state index in [4.69, 9.17) is 16.6 Å². The van der Waals surface area contributed by atoms with Crippen molar-refractivity contribution in [2.24, 2.45) is 0 Å². The van der Waals surface area contributed by atoms with Gasteiger partial charge in [0.25, 0.3) is 5.56 Å². The minimum absolute atomic E-state index is 0.0218. The summed E-state index contributed by atoms with van der Waals surface area (Å²) in [6, 6.07) is 7.96. The van der Waals surface area contributed by atoms with Gasteiger partial charge in [-0.05, 0) is 25.1 Å². The number of halogens is 1. The van der Waals surface area contributed by atoms with Gasteiger partial charge < -0.3 is 9.80 Å². The molecule has 3 heterocycles. The van der Waals surface area contributed by atoms with Crippen LogP contribution in [-0.2, 0) is 19.4 Å². The Kier molecular flexibility index (Phi) is 5.48. The second-order valence-electron chi connectivity index (χ2n) is 7.47. The molecule has 0 bridgehead atoms. The lowest BCUT2D eigenvalue weighted by Gasteiger charge is -2.32. The molecule has 27 heavy (non-hydrogen) atoms. The quantitative estimate of drug-likeness (QED) is 0.870. The molecular formula is C20H26ClN5O. The maximum absolute atomic E-state index is 12.7. The lowest BCUT2D eigenvalue weighted by atomic mass is 10.1. The number of H-pyrrole nitrogens is 1. The predicted octanol–water partition coefficient (Wildman–Crippen LogP) is 1.78. The van der Waals surface area contributed by atoms with Crippen LogP contribution in [0.25, 0.3) is 0 Å².